The molecule has 2 aromatic rings. The van der Waals surface area contributed by atoms with E-state index < -0.39 is 0 Å². The van der Waals surface area contributed by atoms with E-state index in [1.165, 1.54) is 12.5 Å². The number of nitrogens with one attached hydrogen (secondary N) is 2. The topological polar surface area (TPSA) is 126 Å². The van der Waals surface area contributed by atoms with Crippen molar-refractivity contribution < 1.29 is 18.6 Å². The van der Waals surface area contributed by atoms with E-state index in [4.69, 9.17) is 9.05 Å². The summed E-state index contributed by atoms with van der Waals surface area (Å²) < 4.78 is 9.70. The van der Waals surface area contributed by atoms with Crippen LogP contribution in [0.1, 0.15) is 104 Å². The van der Waals surface area contributed by atoms with Crippen LogP contribution in [0.25, 0.3) is 0 Å². The molecule has 0 spiro atoms. The number of hydrogen-bond acceptors (Lipinski definition) is 6. The summed E-state index contributed by atoms with van der Waals surface area (Å²) in [6.07, 6.45) is 7.90. The molecule has 8 nitrogen and oxygen atoms in total. The van der Waals surface area contributed by atoms with Crippen molar-refractivity contribution in [1.29, 1.82) is 0 Å². The number of hydrogen-bond donors (Lipinski definition) is 2. The van der Waals surface area contributed by atoms with E-state index in [0.29, 0.717) is 68.9 Å². The first-order valence-corrected chi connectivity index (χ1v) is 10.9. The fourth-order valence-electron chi connectivity index (χ4n) is 3.89. The highest BCUT2D eigenvalue weighted by atomic mass is 16.5. The maximum absolute atomic E-state index is 12.1. The van der Waals surface area contributed by atoms with Crippen LogP contribution in [0.2, 0.25) is 0 Å². The van der Waals surface area contributed by atoms with Gasteiger partial charge in [-0.2, -0.15) is 10.3 Å². The minimum atomic E-state index is -0.355. The van der Waals surface area contributed by atoms with Crippen LogP contribution < -0.4 is 11.1 Å². The fraction of sp³-hybridized carbons (Fsp3) is 0.667. The molecule has 8 heteroatoms. The Labute approximate surface area is 189 Å². The molecule has 2 rings (SSSR count). The summed E-state index contributed by atoms with van der Waals surface area (Å²) in [6.45, 7) is 7.83. The molecule has 0 aromatic carbocycles. The molecule has 0 unspecified atom stereocenters. The van der Waals surface area contributed by atoms with Crippen molar-refractivity contribution >= 4 is 11.6 Å². The third kappa shape index (κ3) is 7.80. The molecule has 0 radical (unpaired) electrons. The molecule has 0 aliphatic rings. The van der Waals surface area contributed by atoms with Crippen LogP contribution in [-0.2, 0) is 20.4 Å². The summed E-state index contributed by atoms with van der Waals surface area (Å²) in [6, 6.07) is 0. The van der Waals surface area contributed by atoms with Crippen molar-refractivity contribution in [3.8, 4) is 0 Å². The molecule has 0 saturated heterocycles. The van der Waals surface area contributed by atoms with Crippen LogP contribution in [0.15, 0.2) is 31.2 Å². The Hall–Kier alpha value is -2.64. The predicted molar refractivity (Wildman–Crippen MR) is 123 cm³/mol. The van der Waals surface area contributed by atoms with Crippen LogP contribution in [-0.4, -0.2) is 21.9 Å². The van der Waals surface area contributed by atoms with Crippen LogP contribution >= 0.6 is 0 Å². The zero-order valence-corrected chi connectivity index (χ0v) is 19.0. The standard InChI is InChI=1S/C23H34N2O6.CH4/c1-22(2,18-14-30-24-20(18)28)12-6-10-16(26)8-5-9-17(27)11-7-13-23(3,4)19-15-31-25-21(19)29;/h14-15H,5-13H2,1-4H3,(H,24,28)(H,25,29);1H4. The number of H-pyrrole nitrogens is 2. The molecule has 0 bridgehead atoms. The zero-order chi connectivity index (χ0) is 23.1. The number of carbonyl (C=O) groups is 2. The molecule has 0 amide bonds. The molecule has 0 fully saturated rings. The van der Waals surface area contributed by atoms with Gasteiger partial charge in [-0.3, -0.25) is 19.2 Å². The normalized spacial score (nSPS) is 11.9. The summed E-state index contributed by atoms with van der Waals surface area (Å²) in [7, 11) is 0. The van der Waals surface area contributed by atoms with Crippen molar-refractivity contribution in [3.63, 3.8) is 0 Å². The van der Waals surface area contributed by atoms with E-state index >= 15 is 0 Å². The molecule has 180 valence electrons. The summed E-state index contributed by atoms with van der Waals surface area (Å²) in [5.74, 6) is 0.287. The fourth-order valence-corrected chi connectivity index (χ4v) is 3.89. The van der Waals surface area contributed by atoms with E-state index in [-0.39, 0.29) is 40.9 Å². The Kier molecular flexibility index (Phi) is 10.1. The van der Waals surface area contributed by atoms with Crippen molar-refractivity contribution in [1.82, 2.24) is 10.3 Å². The minimum absolute atomic E-state index is 0. The smallest absolute Gasteiger partial charge is 0.283 e. The molecule has 0 atom stereocenters. The minimum Gasteiger partial charge on any atom is -0.387 e. The highest BCUT2D eigenvalue weighted by Crippen LogP contribution is 2.28. The molecule has 2 aromatic heterocycles. The SMILES string of the molecule is C.CC(C)(CCCC(=O)CCCC(=O)CCCC(C)(C)c1co[nH]c1=O)c1co[nH]c1=O. The lowest BCUT2D eigenvalue weighted by atomic mass is 9.81. The lowest BCUT2D eigenvalue weighted by Gasteiger charge is -2.21. The Morgan fingerprint density at radius 3 is 1.38 bits per heavy atom. The summed E-state index contributed by atoms with van der Waals surface area (Å²) >= 11 is 0. The van der Waals surface area contributed by atoms with Gasteiger partial charge in [0.15, 0.2) is 0 Å². The van der Waals surface area contributed by atoms with Crippen LogP contribution in [0.4, 0.5) is 0 Å². The Morgan fingerprint density at radius 1 is 0.719 bits per heavy atom. The number of carbonyl (C=O) groups excluding carboxylic acids is 2. The van der Waals surface area contributed by atoms with Gasteiger partial charge in [0.05, 0.1) is 11.1 Å². The number of rotatable bonds is 14. The number of aromatic nitrogens is 2. The van der Waals surface area contributed by atoms with Gasteiger partial charge in [0.2, 0.25) is 0 Å². The largest absolute Gasteiger partial charge is 0.387 e. The maximum Gasteiger partial charge on any atom is 0.283 e. The monoisotopic (exact) mass is 450 g/mol. The van der Waals surface area contributed by atoms with Gasteiger partial charge in [-0.15, -0.1) is 0 Å². The highest BCUT2D eigenvalue weighted by molar-refractivity contribution is 5.81. The molecule has 0 saturated carbocycles. The molecular weight excluding hydrogens is 412 g/mol. The number of ketones is 2. The second kappa shape index (κ2) is 11.8. The predicted octanol–water partition coefficient (Wildman–Crippen LogP) is 4.79. The molecule has 2 heterocycles. The van der Waals surface area contributed by atoms with Crippen molar-refractivity contribution in [3.05, 3.63) is 44.4 Å². The quantitative estimate of drug-likeness (QED) is 0.426. The summed E-state index contributed by atoms with van der Waals surface area (Å²) in [5, 5.41) is 4.59. The van der Waals surface area contributed by atoms with Crippen molar-refractivity contribution in [2.24, 2.45) is 0 Å². The highest BCUT2D eigenvalue weighted by Gasteiger charge is 2.26. The molecule has 0 aliphatic heterocycles. The zero-order valence-electron chi connectivity index (χ0n) is 19.0. The number of Topliss-reactive ketones (excluding diaryl/α,β-unsaturated/α-hetero) is 2. The van der Waals surface area contributed by atoms with E-state index in [1.807, 2.05) is 27.7 Å². The molecule has 32 heavy (non-hydrogen) atoms. The maximum atomic E-state index is 12.1. The Morgan fingerprint density at radius 2 is 1.06 bits per heavy atom. The summed E-state index contributed by atoms with van der Waals surface area (Å²) in [5.41, 5.74) is 0.0135. The van der Waals surface area contributed by atoms with Gasteiger partial charge < -0.3 is 9.05 Å². The van der Waals surface area contributed by atoms with Gasteiger partial charge in [-0.05, 0) is 42.9 Å². The van der Waals surface area contributed by atoms with Crippen molar-refractivity contribution in [2.45, 2.75) is 104 Å². The van der Waals surface area contributed by atoms with Gasteiger partial charge in [0, 0.05) is 25.7 Å². The van der Waals surface area contributed by atoms with Crippen LogP contribution in [0.5, 0.6) is 0 Å². The van der Waals surface area contributed by atoms with Gasteiger partial charge in [-0.1, -0.05) is 35.1 Å². The average Bonchev–Trinajstić information content (AvgIpc) is 3.30. The van der Waals surface area contributed by atoms with E-state index in [9.17, 15) is 19.2 Å². The van der Waals surface area contributed by atoms with E-state index in [0.717, 1.165) is 0 Å². The Balaban J connectivity index is 0.00000512. The number of aromatic amines is 2. The molecule has 2 N–H and O–H groups in total. The second-order valence-electron chi connectivity index (χ2n) is 9.57. The van der Waals surface area contributed by atoms with Gasteiger partial charge in [0.1, 0.15) is 24.1 Å². The van der Waals surface area contributed by atoms with Gasteiger partial charge in [-0.25, -0.2) is 0 Å². The van der Waals surface area contributed by atoms with Crippen molar-refractivity contribution in [2.75, 3.05) is 0 Å². The van der Waals surface area contributed by atoms with E-state index in [2.05, 4.69) is 10.3 Å². The lowest BCUT2D eigenvalue weighted by Crippen LogP contribution is -2.24. The molecular formula is C24H38N2O6. The summed E-state index contributed by atoms with van der Waals surface area (Å²) in [4.78, 5) is 47.7. The Bertz CT molecular complexity index is 895. The first kappa shape index (κ1) is 27.4. The third-order valence-electron chi connectivity index (χ3n) is 6.03. The second-order valence-corrected chi connectivity index (χ2v) is 9.57. The molecule has 0 aliphatic carbocycles. The van der Waals surface area contributed by atoms with Gasteiger partial charge >= 0.3 is 0 Å². The lowest BCUT2D eigenvalue weighted by molar-refractivity contribution is -0.120. The first-order valence-electron chi connectivity index (χ1n) is 10.9. The van der Waals surface area contributed by atoms with Crippen LogP contribution in [0, 0.1) is 0 Å². The third-order valence-corrected chi connectivity index (χ3v) is 6.03. The van der Waals surface area contributed by atoms with Gasteiger partial charge in [0.25, 0.3) is 11.1 Å². The average molecular weight is 451 g/mol. The van der Waals surface area contributed by atoms with E-state index in [1.54, 1.807) is 0 Å². The first-order chi connectivity index (χ1) is 14.5. The van der Waals surface area contributed by atoms with Crippen LogP contribution in [0.3, 0.4) is 0 Å².